The van der Waals surface area contributed by atoms with Crippen LogP contribution in [-0.4, -0.2) is 39.6 Å². The molecule has 0 atom stereocenters. The SMILES string of the molecule is COCCc1nncn1CCCC(=O)O. The average molecular weight is 213 g/mol. The molecule has 0 radical (unpaired) electrons. The van der Waals surface area contributed by atoms with Crippen molar-refractivity contribution in [3.8, 4) is 0 Å². The lowest BCUT2D eigenvalue weighted by atomic mass is 10.3. The van der Waals surface area contributed by atoms with E-state index in [1.54, 1.807) is 13.4 Å². The van der Waals surface area contributed by atoms with Crippen molar-refractivity contribution in [3.63, 3.8) is 0 Å². The molecular weight excluding hydrogens is 198 g/mol. The van der Waals surface area contributed by atoms with Crippen LogP contribution in [0.5, 0.6) is 0 Å². The van der Waals surface area contributed by atoms with E-state index in [4.69, 9.17) is 9.84 Å². The molecule has 6 nitrogen and oxygen atoms in total. The zero-order valence-electron chi connectivity index (χ0n) is 8.72. The number of aromatic nitrogens is 3. The fourth-order valence-electron chi connectivity index (χ4n) is 1.25. The summed E-state index contributed by atoms with van der Waals surface area (Å²) in [5.41, 5.74) is 0. The number of aryl methyl sites for hydroxylation is 1. The predicted octanol–water partition coefficient (Wildman–Crippen LogP) is 0.332. The number of methoxy groups -OCH3 is 1. The maximum absolute atomic E-state index is 10.3. The Kier molecular flexibility index (Phi) is 4.76. The Morgan fingerprint density at radius 3 is 3.13 bits per heavy atom. The Labute approximate surface area is 87.9 Å². The van der Waals surface area contributed by atoms with E-state index in [9.17, 15) is 4.79 Å². The van der Waals surface area contributed by atoms with Crippen LogP contribution in [-0.2, 0) is 22.5 Å². The second-order valence-electron chi connectivity index (χ2n) is 3.18. The fourth-order valence-corrected chi connectivity index (χ4v) is 1.25. The number of hydrogen-bond donors (Lipinski definition) is 1. The van der Waals surface area contributed by atoms with E-state index in [0.29, 0.717) is 26.0 Å². The van der Waals surface area contributed by atoms with Crippen molar-refractivity contribution in [2.75, 3.05) is 13.7 Å². The Balaban J connectivity index is 2.39. The first kappa shape index (κ1) is 11.6. The number of rotatable bonds is 7. The minimum atomic E-state index is -0.776. The van der Waals surface area contributed by atoms with E-state index in [2.05, 4.69) is 10.2 Å². The Bertz CT molecular complexity index is 311. The number of carboxylic acids is 1. The molecule has 0 aliphatic heterocycles. The highest BCUT2D eigenvalue weighted by molar-refractivity contribution is 5.66. The van der Waals surface area contributed by atoms with Gasteiger partial charge in [-0.1, -0.05) is 0 Å². The van der Waals surface area contributed by atoms with Gasteiger partial charge in [-0.3, -0.25) is 4.79 Å². The smallest absolute Gasteiger partial charge is 0.303 e. The number of carbonyl (C=O) groups is 1. The van der Waals surface area contributed by atoms with Crippen LogP contribution in [0.1, 0.15) is 18.7 Å². The monoisotopic (exact) mass is 213 g/mol. The third-order valence-electron chi connectivity index (χ3n) is 2.02. The van der Waals surface area contributed by atoms with Crippen LogP contribution in [0.25, 0.3) is 0 Å². The molecule has 0 spiro atoms. The molecule has 1 heterocycles. The van der Waals surface area contributed by atoms with Gasteiger partial charge in [-0.05, 0) is 6.42 Å². The molecule has 0 amide bonds. The summed E-state index contributed by atoms with van der Waals surface area (Å²) >= 11 is 0. The molecule has 1 aromatic rings. The summed E-state index contributed by atoms with van der Waals surface area (Å²) in [6.45, 7) is 1.23. The number of hydrogen-bond acceptors (Lipinski definition) is 4. The summed E-state index contributed by atoms with van der Waals surface area (Å²) in [7, 11) is 1.63. The van der Waals surface area contributed by atoms with Crippen molar-refractivity contribution in [1.29, 1.82) is 0 Å². The highest BCUT2D eigenvalue weighted by Gasteiger charge is 2.04. The van der Waals surface area contributed by atoms with Gasteiger partial charge >= 0.3 is 5.97 Å². The van der Waals surface area contributed by atoms with Gasteiger partial charge in [-0.2, -0.15) is 0 Å². The molecule has 0 aromatic carbocycles. The molecule has 0 aliphatic carbocycles. The number of aliphatic carboxylic acids is 1. The molecule has 0 saturated heterocycles. The summed E-state index contributed by atoms with van der Waals surface area (Å²) in [6.07, 6.45) is 3.08. The molecule has 0 fully saturated rings. The van der Waals surface area contributed by atoms with Gasteiger partial charge in [-0.25, -0.2) is 0 Å². The van der Waals surface area contributed by atoms with Crippen LogP contribution in [0.2, 0.25) is 0 Å². The maximum atomic E-state index is 10.3. The second kappa shape index (κ2) is 6.13. The lowest BCUT2D eigenvalue weighted by Gasteiger charge is -2.04. The van der Waals surface area contributed by atoms with E-state index in [0.717, 1.165) is 5.82 Å². The van der Waals surface area contributed by atoms with E-state index in [-0.39, 0.29) is 6.42 Å². The van der Waals surface area contributed by atoms with E-state index in [1.807, 2.05) is 4.57 Å². The van der Waals surface area contributed by atoms with Crippen LogP contribution in [0.3, 0.4) is 0 Å². The molecule has 6 heteroatoms. The van der Waals surface area contributed by atoms with E-state index < -0.39 is 5.97 Å². The Morgan fingerprint density at radius 2 is 2.47 bits per heavy atom. The Hall–Kier alpha value is -1.43. The second-order valence-corrected chi connectivity index (χ2v) is 3.18. The van der Waals surface area contributed by atoms with Gasteiger partial charge in [0.1, 0.15) is 12.2 Å². The van der Waals surface area contributed by atoms with Crippen LogP contribution < -0.4 is 0 Å². The summed E-state index contributed by atoms with van der Waals surface area (Å²) in [4.78, 5) is 10.3. The number of ether oxygens (including phenoxy) is 1. The molecule has 0 unspecified atom stereocenters. The fraction of sp³-hybridized carbons (Fsp3) is 0.667. The zero-order chi connectivity index (χ0) is 11.1. The molecule has 0 bridgehead atoms. The first-order valence-corrected chi connectivity index (χ1v) is 4.81. The Morgan fingerprint density at radius 1 is 1.67 bits per heavy atom. The van der Waals surface area contributed by atoms with Gasteiger partial charge in [0.05, 0.1) is 6.61 Å². The first-order chi connectivity index (χ1) is 7.24. The largest absolute Gasteiger partial charge is 0.481 e. The van der Waals surface area contributed by atoms with Gasteiger partial charge < -0.3 is 14.4 Å². The van der Waals surface area contributed by atoms with Crippen molar-refractivity contribution in [2.24, 2.45) is 0 Å². The average Bonchev–Trinajstić information content (AvgIpc) is 2.62. The van der Waals surface area contributed by atoms with Crippen LogP contribution in [0.15, 0.2) is 6.33 Å². The third-order valence-corrected chi connectivity index (χ3v) is 2.02. The summed E-state index contributed by atoms with van der Waals surface area (Å²) in [5, 5.41) is 16.2. The van der Waals surface area contributed by atoms with Crippen molar-refractivity contribution < 1.29 is 14.6 Å². The summed E-state index contributed by atoms with van der Waals surface area (Å²) in [5.74, 6) is 0.0590. The molecule has 84 valence electrons. The zero-order valence-corrected chi connectivity index (χ0v) is 8.72. The van der Waals surface area contributed by atoms with Crippen LogP contribution in [0.4, 0.5) is 0 Å². The lowest BCUT2D eigenvalue weighted by molar-refractivity contribution is -0.137. The molecule has 1 N–H and O–H groups in total. The first-order valence-electron chi connectivity index (χ1n) is 4.81. The minimum absolute atomic E-state index is 0.169. The topological polar surface area (TPSA) is 77.2 Å². The minimum Gasteiger partial charge on any atom is -0.481 e. The molecule has 1 rings (SSSR count). The van der Waals surface area contributed by atoms with Crippen molar-refractivity contribution >= 4 is 5.97 Å². The molecule has 1 aromatic heterocycles. The van der Waals surface area contributed by atoms with Crippen molar-refractivity contribution in [2.45, 2.75) is 25.8 Å². The third kappa shape index (κ3) is 4.07. The molecule has 15 heavy (non-hydrogen) atoms. The van der Waals surface area contributed by atoms with Gasteiger partial charge in [0, 0.05) is 26.5 Å². The normalized spacial score (nSPS) is 10.5. The lowest BCUT2D eigenvalue weighted by Crippen LogP contribution is -2.07. The number of nitrogens with zero attached hydrogens (tertiary/aromatic N) is 3. The standard InChI is InChI=1S/C9H15N3O3/c1-15-6-4-8-11-10-7-12(8)5-2-3-9(13)14/h7H,2-6H2,1H3,(H,13,14). The van der Waals surface area contributed by atoms with E-state index in [1.165, 1.54) is 0 Å². The van der Waals surface area contributed by atoms with Crippen molar-refractivity contribution in [1.82, 2.24) is 14.8 Å². The summed E-state index contributed by atoms with van der Waals surface area (Å²) in [6, 6.07) is 0. The van der Waals surface area contributed by atoms with Crippen molar-refractivity contribution in [3.05, 3.63) is 12.2 Å². The maximum Gasteiger partial charge on any atom is 0.303 e. The van der Waals surface area contributed by atoms with Gasteiger partial charge in [-0.15, -0.1) is 10.2 Å². The van der Waals surface area contributed by atoms with Gasteiger partial charge in [0.25, 0.3) is 0 Å². The summed E-state index contributed by atoms with van der Waals surface area (Å²) < 4.78 is 6.80. The quantitative estimate of drug-likeness (QED) is 0.706. The van der Waals surface area contributed by atoms with Gasteiger partial charge in [0.2, 0.25) is 0 Å². The highest BCUT2D eigenvalue weighted by Crippen LogP contribution is 2.00. The highest BCUT2D eigenvalue weighted by atomic mass is 16.5. The van der Waals surface area contributed by atoms with Crippen LogP contribution in [0, 0.1) is 0 Å². The number of carboxylic acid groups (broad SMARTS) is 1. The molecule has 0 aliphatic rings. The van der Waals surface area contributed by atoms with Gasteiger partial charge in [0.15, 0.2) is 0 Å². The molecular formula is C9H15N3O3. The predicted molar refractivity (Wildman–Crippen MR) is 52.5 cm³/mol. The van der Waals surface area contributed by atoms with E-state index >= 15 is 0 Å². The van der Waals surface area contributed by atoms with Crippen LogP contribution >= 0.6 is 0 Å². The molecule has 0 saturated carbocycles.